The number of amidine groups is 1. The number of oxime groups is 1. The summed E-state index contributed by atoms with van der Waals surface area (Å²) in [4.78, 5) is 13.7. The van der Waals surface area contributed by atoms with Gasteiger partial charge in [-0.1, -0.05) is 5.16 Å². The van der Waals surface area contributed by atoms with Crippen molar-refractivity contribution < 1.29 is 10.0 Å². The molecular formula is C13H13N5O2. The fourth-order valence-electron chi connectivity index (χ4n) is 1.64. The molecule has 3 N–H and O–H groups in total. The minimum atomic E-state index is -0.198. The van der Waals surface area contributed by atoms with Gasteiger partial charge < -0.3 is 15.8 Å². The molecule has 0 saturated heterocycles. The molecule has 0 unspecified atom stereocenters. The molecule has 2 aromatic rings. The zero-order valence-electron chi connectivity index (χ0n) is 10.8. The molecule has 0 aliphatic rings. The van der Waals surface area contributed by atoms with Crippen LogP contribution in [0.5, 0.6) is 0 Å². The van der Waals surface area contributed by atoms with Crippen LogP contribution in [0, 0.1) is 0 Å². The summed E-state index contributed by atoms with van der Waals surface area (Å²) in [6, 6.07) is 8.34. The SMILES string of the molecule is CN(C(=O)c1ccnnc1)c1ccc(/C(N)=N/O)cc1. The number of hydrogen-bond donors (Lipinski definition) is 2. The number of anilines is 1. The molecular weight excluding hydrogens is 258 g/mol. The van der Waals surface area contributed by atoms with Gasteiger partial charge in [0.05, 0.1) is 18.0 Å². The molecule has 0 radical (unpaired) electrons. The third kappa shape index (κ3) is 2.72. The highest BCUT2D eigenvalue weighted by atomic mass is 16.4. The van der Waals surface area contributed by atoms with E-state index in [0.29, 0.717) is 16.8 Å². The van der Waals surface area contributed by atoms with E-state index in [0.717, 1.165) is 0 Å². The fourth-order valence-corrected chi connectivity index (χ4v) is 1.64. The fraction of sp³-hybridized carbons (Fsp3) is 0.0769. The number of benzene rings is 1. The average molecular weight is 271 g/mol. The number of carbonyl (C=O) groups is 1. The van der Waals surface area contributed by atoms with Crippen molar-refractivity contribution in [2.24, 2.45) is 10.9 Å². The standard InChI is InChI=1S/C13H13N5O2/c1-18(13(19)10-6-7-15-16-8-10)11-4-2-9(3-5-11)12(14)17-20/h2-8,20H,1H3,(H2,14,17). The quantitative estimate of drug-likeness (QED) is 0.372. The molecule has 0 bridgehead atoms. The van der Waals surface area contributed by atoms with Gasteiger partial charge in [0.15, 0.2) is 5.84 Å². The largest absolute Gasteiger partial charge is 0.409 e. The van der Waals surface area contributed by atoms with Crippen LogP contribution in [0.15, 0.2) is 47.9 Å². The van der Waals surface area contributed by atoms with Crippen molar-refractivity contribution in [1.29, 1.82) is 0 Å². The zero-order chi connectivity index (χ0) is 14.5. The normalized spacial score (nSPS) is 11.2. The van der Waals surface area contributed by atoms with Crippen LogP contribution in [0.1, 0.15) is 15.9 Å². The number of hydrogen-bond acceptors (Lipinski definition) is 5. The summed E-state index contributed by atoms with van der Waals surface area (Å²) < 4.78 is 0. The molecule has 102 valence electrons. The van der Waals surface area contributed by atoms with Crippen LogP contribution in [0.3, 0.4) is 0 Å². The zero-order valence-corrected chi connectivity index (χ0v) is 10.8. The predicted molar refractivity (Wildman–Crippen MR) is 73.7 cm³/mol. The smallest absolute Gasteiger partial charge is 0.259 e. The Kier molecular flexibility index (Phi) is 3.90. The lowest BCUT2D eigenvalue weighted by molar-refractivity contribution is 0.0992. The summed E-state index contributed by atoms with van der Waals surface area (Å²) in [5.41, 5.74) is 7.18. The van der Waals surface area contributed by atoms with Crippen molar-refractivity contribution in [3.8, 4) is 0 Å². The van der Waals surface area contributed by atoms with Gasteiger partial charge in [-0.2, -0.15) is 10.2 Å². The monoisotopic (exact) mass is 271 g/mol. The van der Waals surface area contributed by atoms with E-state index < -0.39 is 0 Å². The predicted octanol–water partition coefficient (Wildman–Crippen LogP) is 0.848. The number of nitrogens with two attached hydrogens (primary N) is 1. The van der Waals surface area contributed by atoms with E-state index in [9.17, 15) is 4.79 Å². The summed E-state index contributed by atoms with van der Waals surface area (Å²) in [5.74, 6) is -0.180. The van der Waals surface area contributed by atoms with Crippen LogP contribution >= 0.6 is 0 Å². The topological polar surface area (TPSA) is 105 Å². The minimum absolute atomic E-state index is 0.0175. The van der Waals surface area contributed by atoms with Gasteiger partial charge in [-0.25, -0.2) is 0 Å². The Balaban J connectivity index is 2.21. The maximum absolute atomic E-state index is 12.2. The lowest BCUT2D eigenvalue weighted by atomic mass is 10.1. The molecule has 0 fully saturated rings. The molecule has 0 aliphatic heterocycles. The Bertz CT molecular complexity index is 625. The van der Waals surface area contributed by atoms with Crippen LogP contribution in [0.2, 0.25) is 0 Å². The van der Waals surface area contributed by atoms with Crippen molar-refractivity contribution in [2.45, 2.75) is 0 Å². The van der Waals surface area contributed by atoms with Gasteiger partial charge in [0.1, 0.15) is 0 Å². The molecule has 0 aliphatic carbocycles. The van der Waals surface area contributed by atoms with E-state index >= 15 is 0 Å². The van der Waals surface area contributed by atoms with E-state index in [2.05, 4.69) is 15.4 Å². The van der Waals surface area contributed by atoms with E-state index in [1.807, 2.05) is 0 Å². The number of amides is 1. The Morgan fingerprint density at radius 3 is 2.45 bits per heavy atom. The van der Waals surface area contributed by atoms with Crippen LogP contribution in [-0.2, 0) is 0 Å². The van der Waals surface area contributed by atoms with Gasteiger partial charge in [-0.15, -0.1) is 0 Å². The first-order chi connectivity index (χ1) is 9.63. The van der Waals surface area contributed by atoms with Crippen LogP contribution in [0.25, 0.3) is 0 Å². The van der Waals surface area contributed by atoms with Crippen LogP contribution in [-0.4, -0.2) is 34.2 Å². The molecule has 0 atom stereocenters. The molecule has 0 saturated carbocycles. The van der Waals surface area contributed by atoms with E-state index in [1.54, 1.807) is 37.4 Å². The van der Waals surface area contributed by atoms with Crippen molar-refractivity contribution >= 4 is 17.4 Å². The first kappa shape index (κ1) is 13.5. The first-order valence-electron chi connectivity index (χ1n) is 5.76. The summed E-state index contributed by atoms with van der Waals surface area (Å²) in [6.45, 7) is 0. The van der Waals surface area contributed by atoms with Gasteiger partial charge in [-0.05, 0) is 30.3 Å². The van der Waals surface area contributed by atoms with E-state index in [-0.39, 0.29) is 11.7 Å². The van der Waals surface area contributed by atoms with E-state index in [1.165, 1.54) is 17.3 Å². The van der Waals surface area contributed by atoms with Crippen molar-refractivity contribution in [1.82, 2.24) is 10.2 Å². The van der Waals surface area contributed by atoms with Crippen LogP contribution < -0.4 is 10.6 Å². The van der Waals surface area contributed by atoms with Crippen LogP contribution in [0.4, 0.5) is 5.69 Å². The third-order valence-electron chi connectivity index (χ3n) is 2.79. The highest BCUT2D eigenvalue weighted by Gasteiger charge is 2.13. The van der Waals surface area contributed by atoms with E-state index in [4.69, 9.17) is 10.9 Å². The Morgan fingerprint density at radius 1 is 1.20 bits per heavy atom. The third-order valence-corrected chi connectivity index (χ3v) is 2.79. The van der Waals surface area contributed by atoms with Crippen molar-refractivity contribution in [3.63, 3.8) is 0 Å². The van der Waals surface area contributed by atoms with Gasteiger partial charge in [0.2, 0.25) is 0 Å². The maximum Gasteiger partial charge on any atom is 0.259 e. The molecule has 1 aromatic carbocycles. The van der Waals surface area contributed by atoms with Crippen molar-refractivity contribution in [3.05, 3.63) is 53.9 Å². The molecule has 1 aromatic heterocycles. The summed E-state index contributed by atoms with van der Waals surface area (Å²) in [7, 11) is 1.65. The lowest BCUT2D eigenvalue weighted by Gasteiger charge is -2.17. The molecule has 1 heterocycles. The second-order valence-electron chi connectivity index (χ2n) is 4.03. The van der Waals surface area contributed by atoms with Gasteiger partial charge in [-0.3, -0.25) is 4.79 Å². The summed E-state index contributed by atoms with van der Waals surface area (Å²) in [5, 5.41) is 18.8. The minimum Gasteiger partial charge on any atom is -0.409 e. The molecule has 1 amide bonds. The number of carbonyl (C=O) groups excluding carboxylic acids is 1. The van der Waals surface area contributed by atoms with Gasteiger partial charge in [0.25, 0.3) is 5.91 Å². The molecule has 7 nitrogen and oxygen atoms in total. The number of aromatic nitrogens is 2. The highest BCUT2D eigenvalue weighted by Crippen LogP contribution is 2.16. The lowest BCUT2D eigenvalue weighted by Crippen LogP contribution is -2.26. The summed E-state index contributed by atoms with van der Waals surface area (Å²) in [6.07, 6.45) is 2.87. The molecule has 2 rings (SSSR count). The highest BCUT2D eigenvalue weighted by molar-refractivity contribution is 6.05. The summed E-state index contributed by atoms with van der Waals surface area (Å²) >= 11 is 0. The number of nitrogens with zero attached hydrogens (tertiary/aromatic N) is 4. The average Bonchev–Trinajstić information content (AvgIpc) is 2.53. The number of rotatable bonds is 3. The maximum atomic E-state index is 12.2. The Labute approximate surface area is 115 Å². The molecule has 7 heteroatoms. The second-order valence-corrected chi connectivity index (χ2v) is 4.03. The second kappa shape index (κ2) is 5.79. The Morgan fingerprint density at radius 2 is 1.90 bits per heavy atom. The Hall–Kier alpha value is -2.96. The van der Waals surface area contributed by atoms with Crippen molar-refractivity contribution in [2.75, 3.05) is 11.9 Å². The molecule has 0 spiro atoms. The molecule has 20 heavy (non-hydrogen) atoms. The first-order valence-corrected chi connectivity index (χ1v) is 5.76. The van der Waals surface area contributed by atoms with Gasteiger partial charge >= 0.3 is 0 Å². The van der Waals surface area contributed by atoms with Gasteiger partial charge in [0, 0.05) is 18.3 Å².